The third kappa shape index (κ3) is 7.22. The summed E-state index contributed by atoms with van der Waals surface area (Å²) in [6.07, 6.45) is -12.0. The normalized spacial score (nSPS) is 11.9. The van der Waals surface area contributed by atoms with Crippen LogP contribution in [0.2, 0.25) is 0 Å². The first-order chi connectivity index (χ1) is 21.7. The second-order valence-electron chi connectivity index (χ2n) is 10.1. The molecular formula is C32H22F6N2O6. The summed E-state index contributed by atoms with van der Waals surface area (Å²) in [5.41, 5.74) is -2.38. The van der Waals surface area contributed by atoms with Crippen LogP contribution >= 0.6 is 0 Å². The first-order valence-electron chi connectivity index (χ1n) is 13.5. The van der Waals surface area contributed by atoms with Crippen molar-refractivity contribution in [1.82, 2.24) is 5.32 Å². The lowest BCUT2D eigenvalue weighted by Crippen LogP contribution is -2.26. The molecule has 4 aromatic carbocycles. The van der Waals surface area contributed by atoms with E-state index in [9.17, 15) is 40.7 Å². The van der Waals surface area contributed by atoms with Gasteiger partial charge in [0, 0.05) is 40.6 Å². The van der Waals surface area contributed by atoms with Crippen LogP contribution in [0.15, 0.2) is 83.3 Å². The van der Waals surface area contributed by atoms with Gasteiger partial charge in [-0.3, -0.25) is 14.9 Å². The van der Waals surface area contributed by atoms with Gasteiger partial charge in [-0.15, -0.1) is 0 Å². The smallest absolute Gasteiger partial charge is 0.417 e. The summed E-state index contributed by atoms with van der Waals surface area (Å²) in [5, 5.41) is 14.4. The zero-order chi connectivity index (χ0) is 33.2. The van der Waals surface area contributed by atoms with Crippen LogP contribution in [0.5, 0.6) is 5.75 Å². The van der Waals surface area contributed by atoms with Gasteiger partial charge in [-0.05, 0) is 60.2 Å². The molecule has 0 aliphatic heterocycles. The molecule has 0 unspecified atom stereocenters. The Morgan fingerprint density at radius 2 is 1.50 bits per heavy atom. The van der Waals surface area contributed by atoms with Crippen molar-refractivity contribution in [2.75, 3.05) is 11.9 Å². The van der Waals surface area contributed by atoms with Gasteiger partial charge in [-0.25, -0.2) is 4.79 Å². The van der Waals surface area contributed by atoms with Gasteiger partial charge in [-0.1, -0.05) is 24.3 Å². The molecule has 3 N–H and O–H groups in total. The maximum absolute atomic E-state index is 13.6. The minimum absolute atomic E-state index is 0.0305. The van der Waals surface area contributed by atoms with Gasteiger partial charge in [0.25, 0.3) is 5.91 Å². The van der Waals surface area contributed by atoms with Gasteiger partial charge in [0.15, 0.2) is 0 Å². The summed E-state index contributed by atoms with van der Waals surface area (Å²) in [5.74, 6) is -1.87. The fraction of sp³-hybridized carbons (Fsp3) is 0.156. The van der Waals surface area contributed by atoms with Crippen molar-refractivity contribution in [3.8, 4) is 5.75 Å². The number of anilines is 1. The molecule has 5 rings (SSSR count). The molecule has 0 radical (unpaired) electrons. The number of hydrogen-bond donors (Lipinski definition) is 3. The predicted octanol–water partition coefficient (Wildman–Crippen LogP) is 8.03. The van der Waals surface area contributed by atoms with Crippen molar-refractivity contribution >= 4 is 45.6 Å². The number of alkyl halides is 6. The van der Waals surface area contributed by atoms with Crippen molar-refractivity contribution in [2.24, 2.45) is 0 Å². The number of rotatable bonds is 8. The van der Waals surface area contributed by atoms with Crippen LogP contribution in [-0.4, -0.2) is 29.6 Å². The van der Waals surface area contributed by atoms with Gasteiger partial charge in [0.1, 0.15) is 16.9 Å². The number of carbonyl (C=O) groups excluding carboxylic acids is 2. The highest BCUT2D eigenvalue weighted by Crippen LogP contribution is 2.40. The highest BCUT2D eigenvalue weighted by molar-refractivity contribution is 6.08. The zero-order valence-corrected chi connectivity index (χ0v) is 23.4. The maximum Gasteiger partial charge on any atom is 0.417 e. The number of nitrogens with one attached hydrogen (secondary N) is 2. The van der Waals surface area contributed by atoms with E-state index in [-0.39, 0.29) is 52.7 Å². The van der Waals surface area contributed by atoms with E-state index in [1.165, 1.54) is 36.4 Å². The van der Waals surface area contributed by atoms with Crippen LogP contribution in [0.4, 0.5) is 36.8 Å². The number of para-hydroxylation sites is 1. The monoisotopic (exact) mass is 644 g/mol. The summed E-state index contributed by atoms with van der Waals surface area (Å²) in [4.78, 5) is 36.0. The number of carboxylic acids is 1. The van der Waals surface area contributed by atoms with Crippen LogP contribution in [-0.2, 0) is 23.6 Å². The molecule has 5 aromatic rings. The van der Waals surface area contributed by atoms with Crippen LogP contribution in [0.3, 0.4) is 0 Å². The molecule has 14 heteroatoms. The topological polar surface area (TPSA) is 118 Å². The Labute approximate surface area is 255 Å². The number of amides is 2. The maximum atomic E-state index is 13.6. The van der Waals surface area contributed by atoms with Gasteiger partial charge in [-0.2, -0.15) is 26.3 Å². The third-order valence-electron chi connectivity index (χ3n) is 6.83. The molecule has 0 aliphatic carbocycles. The quantitative estimate of drug-likeness (QED) is 0.147. The molecule has 2 amide bonds. The Balaban J connectivity index is 1.50. The lowest BCUT2D eigenvalue weighted by molar-refractivity contribution is -0.143. The highest BCUT2D eigenvalue weighted by atomic mass is 19.4. The fourth-order valence-corrected chi connectivity index (χ4v) is 4.83. The van der Waals surface area contributed by atoms with Crippen molar-refractivity contribution in [3.05, 3.63) is 107 Å². The Morgan fingerprint density at radius 3 is 2.17 bits per heavy atom. The Hall–Kier alpha value is -5.53. The number of ether oxygens (including phenoxy) is 1. The second-order valence-corrected chi connectivity index (χ2v) is 10.1. The summed E-state index contributed by atoms with van der Waals surface area (Å²) in [6.45, 7) is -0.127. The van der Waals surface area contributed by atoms with Crippen LogP contribution in [0, 0.1) is 0 Å². The molecule has 0 saturated carbocycles. The van der Waals surface area contributed by atoms with E-state index >= 15 is 0 Å². The number of benzene rings is 4. The molecule has 0 spiro atoms. The van der Waals surface area contributed by atoms with Gasteiger partial charge in [0.2, 0.25) is 0 Å². The SMILES string of the molecule is O=C(O)CCNC(=O)c1cccc(NC(=O)Oc2ccc3oc4ccccc4c3c2Cc2cc(C(F)(F)F)cc(C(F)(F)F)c2)c1. The molecule has 46 heavy (non-hydrogen) atoms. The number of carbonyl (C=O) groups is 3. The molecule has 1 aromatic heterocycles. The first kappa shape index (κ1) is 31.9. The first-order valence-corrected chi connectivity index (χ1v) is 13.5. The molecule has 238 valence electrons. The highest BCUT2D eigenvalue weighted by Gasteiger charge is 2.37. The number of hydrogen-bond acceptors (Lipinski definition) is 5. The van der Waals surface area contributed by atoms with Crippen molar-refractivity contribution < 1.29 is 55.0 Å². The average Bonchev–Trinajstić information content (AvgIpc) is 3.36. The van der Waals surface area contributed by atoms with Gasteiger partial charge in [0.05, 0.1) is 17.5 Å². The number of fused-ring (bicyclic) bond motifs is 3. The summed E-state index contributed by atoms with van der Waals surface area (Å²) in [7, 11) is 0. The van der Waals surface area contributed by atoms with Crippen LogP contribution in [0.1, 0.15) is 39.0 Å². The summed E-state index contributed by atoms with van der Waals surface area (Å²) < 4.78 is 93.0. The molecule has 8 nitrogen and oxygen atoms in total. The number of furan rings is 1. The van der Waals surface area contributed by atoms with Crippen molar-refractivity contribution in [2.45, 2.75) is 25.2 Å². The number of aliphatic carboxylic acids is 1. The minimum Gasteiger partial charge on any atom is -0.481 e. The molecular weight excluding hydrogens is 622 g/mol. The van der Waals surface area contributed by atoms with E-state index < -0.39 is 47.9 Å². The Morgan fingerprint density at radius 1 is 0.804 bits per heavy atom. The standard InChI is InChI=1S/C32H22F6N2O6/c33-31(34,35)19-12-17(13-20(16-19)32(36,37)38)14-23-25(8-9-26-28(23)22-6-1-2-7-24(22)45-26)46-30(44)40-21-5-3-4-18(15-21)29(43)39-11-10-27(41)42/h1-9,12-13,15-16H,10-11,14H2,(H,39,43)(H,40,44)(H,41,42). The van der Waals surface area contributed by atoms with E-state index in [1.54, 1.807) is 24.3 Å². The van der Waals surface area contributed by atoms with Crippen LogP contribution in [0.25, 0.3) is 21.9 Å². The fourth-order valence-electron chi connectivity index (χ4n) is 4.83. The van der Waals surface area contributed by atoms with E-state index in [0.29, 0.717) is 28.5 Å². The average molecular weight is 645 g/mol. The minimum atomic E-state index is -5.06. The predicted molar refractivity (Wildman–Crippen MR) is 154 cm³/mol. The number of carboxylic acid groups (broad SMARTS) is 1. The van der Waals surface area contributed by atoms with Crippen LogP contribution < -0.4 is 15.4 Å². The zero-order valence-electron chi connectivity index (χ0n) is 23.4. The van der Waals surface area contributed by atoms with Gasteiger partial charge >= 0.3 is 24.4 Å². The van der Waals surface area contributed by atoms with E-state index in [0.717, 1.165) is 0 Å². The Kier molecular flexibility index (Phi) is 8.64. The Bertz CT molecular complexity index is 1930. The van der Waals surface area contributed by atoms with E-state index in [1.807, 2.05) is 0 Å². The second kappa shape index (κ2) is 12.5. The summed E-state index contributed by atoms with van der Waals surface area (Å²) >= 11 is 0. The summed E-state index contributed by atoms with van der Waals surface area (Å²) in [6, 6.07) is 16.2. The lowest BCUT2D eigenvalue weighted by Gasteiger charge is -2.16. The van der Waals surface area contributed by atoms with E-state index in [2.05, 4.69) is 10.6 Å². The van der Waals surface area contributed by atoms with E-state index in [4.69, 9.17) is 14.3 Å². The number of halogens is 6. The third-order valence-corrected chi connectivity index (χ3v) is 6.83. The molecule has 0 bridgehead atoms. The van der Waals surface area contributed by atoms with Crippen molar-refractivity contribution in [1.29, 1.82) is 0 Å². The lowest BCUT2D eigenvalue weighted by atomic mass is 9.95. The largest absolute Gasteiger partial charge is 0.481 e. The molecule has 0 fully saturated rings. The molecule has 1 heterocycles. The van der Waals surface area contributed by atoms with Crippen molar-refractivity contribution in [3.63, 3.8) is 0 Å². The molecule has 0 aliphatic rings. The van der Waals surface area contributed by atoms with Gasteiger partial charge < -0.3 is 19.6 Å². The molecule has 0 atom stereocenters. The molecule has 0 saturated heterocycles.